The molecule has 4 aromatic rings. The molecule has 0 saturated carbocycles. The van der Waals surface area contributed by atoms with Crippen molar-refractivity contribution in [1.82, 2.24) is 9.97 Å². The molecule has 0 atom stereocenters. The van der Waals surface area contributed by atoms with Gasteiger partial charge in [-0.1, -0.05) is 36.4 Å². The van der Waals surface area contributed by atoms with Crippen LogP contribution < -0.4 is 20.1 Å². The summed E-state index contributed by atoms with van der Waals surface area (Å²) in [7, 11) is -1.84. The standard InChI is InChI=1S/C28H26F3N5O4S/c1-36(26-13-14-33-27(35-26)34-22-4-2-3-21(15-22)18-41(32,38)39)23-9-5-19(6-10-23)16-24(37)17-20-7-11-25(12-8-20)40-28(29,30)31/h2-15H,16-18H2,1H3,(H2,32,38,39)(H,33,34,35). The van der Waals surface area contributed by atoms with Gasteiger partial charge in [0.25, 0.3) is 0 Å². The Labute approximate surface area is 234 Å². The van der Waals surface area contributed by atoms with Gasteiger partial charge in [-0.15, -0.1) is 13.2 Å². The molecule has 0 fully saturated rings. The quantitative estimate of drug-likeness (QED) is 0.251. The maximum absolute atomic E-state index is 12.5. The van der Waals surface area contributed by atoms with Crippen molar-refractivity contribution >= 4 is 38.9 Å². The number of ketones is 1. The highest BCUT2D eigenvalue weighted by Gasteiger charge is 2.31. The molecule has 1 aromatic heterocycles. The second kappa shape index (κ2) is 12.4. The van der Waals surface area contributed by atoms with Gasteiger partial charge in [0, 0.05) is 37.5 Å². The molecule has 0 aliphatic rings. The second-order valence-corrected chi connectivity index (χ2v) is 10.8. The van der Waals surface area contributed by atoms with E-state index in [9.17, 15) is 26.4 Å². The number of nitrogens with zero attached hydrogens (tertiary/aromatic N) is 3. The van der Waals surface area contributed by atoms with E-state index in [2.05, 4.69) is 20.0 Å². The Morgan fingerprint density at radius 2 is 1.59 bits per heavy atom. The molecule has 4 rings (SSSR count). The molecule has 214 valence electrons. The number of nitrogens with two attached hydrogens (primary N) is 1. The Morgan fingerprint density at radius 1 is 0.951 bits per heavy atom. The van der Waals surface area contributed by atoms with Crippen LogP contribution in [0.4, 0.5) is 36.3 Å². The number of nitrogens with one attached hydrogen (secondary N) is 1. The predicted octanol–water partition coefficient (Wildman–Crippen LogP) is 5.03. The first-order valence-corrected chi connectivity index (χ1v) is 13.9. The lowest BCUT2D eigenvalue weighted by molar-refractivity contribution is -0.274. The molecule has 0 aliphatic carbocycles. The lowest BCUT2D eigenvalue weighted by Crippen LogP contribution is -2.17. The number of carbonyl (C=O) groups is 1. The number of aromatic nitrogens is 2. The fraction of sp³-hybridized carbons (Fsp3) is 0.179. The number of primary sulfonamides is 1. The number of hydrogen-bond donors (Lipinski definition) is 2. The minimum Gasteiger partial charge on any atom is -0.406 e. The normalized spacial score (nSPS) is 11.6. The van der Waals surface area contributed by atoms with E-state index in [0.717, 1.165) is 11.3 Å². The van der Waals surface area contributed by atoms with E-state index in [1.807, 2.05) is 36.2 Å². The molecule has 0 radical (unpaired) electrons. The van der Waals surface area contributed by atoms with Crippen molar-refractivity contribution in [3.63, 3.8) is 0 Å². The van der Waals surface area contributed by atoms with Crippen LogP contribution in [0.25, 0.3) is 0 Å². The molecule has 9 nitrogen and oxygen atoms in total. The number of ether oxygens (including phenoxy) is 1. The molecular weight excluding hydrogens is 559 g/mol. The summed E-state index contributed by atoms with van der Waals surface area (Å²) in [5.74, 6) is 0.179. The Hall–Kier alpha value is -4.49. The smallest absolute Gasteiger partial charge is 0.406 e. The van der Waals surface area contributed by atoms with Crippen molar-refractivity contribution in [2.24, 2.45) is 5.14 Å². The summed E-state index contributed by atoms with van der Waals surface area (Å²) < 4.78 is 63.6. The van der Waals surface area contributed by atoms with Gasteiger partial charge in [-0.3, -0.25) is 4.79 Å². The average molecular weight is 586 g/mol. The van der Waals surface area contributed by atoms with Crippen molar-refractivity contribution in [3.05, 3.63) is 102 Å². The van der Waals surface area contributed by atoms with Gasteiger partial charge in [-0.25, -0.2) is 18.5 Å². The number of benzene rings is 3. The summed E-state index contributed by atoms with van der Waals surface area (Å²) in [6.07, 6.45) is -2.94. The first-order valence-electron chi connectivity index (χ1n) is 12.2. The monoisotopic (exact) mass is 585 g/mol. The highest BCUT2D eigenvalue weighted by atomic mass is 32.2. The van der Waals surface area contributed by atoms with Gasteiger partial charge in [0.15, 0.2) is 0 Å². The van der Waals surface area contributed by atoms with Gasteiger partial charge < -0.3 is 15.0 Å². The Kier molecular flexibility index (Phi) is 8.89. The Balaban J connectivity index is 1.36. The zero-order chi connectivity index (χ0) is 29.6. The van der Waals surface area contributed by atoms with E-state index < -0.39 is 16.4 Å². The summed E-state index contributed by atoms with van der Waals surface area (Å²) in [6.45, 7) is 0. The molecule has 3 N–H and O–H groups in total. The maximum Gasteiger partial charge on any atom is 0.573 e. The second-order valence-electron chi connectivity index (χ2n) is 9.18. The third kappa shape index (κ3) is 9.29. The predicted molar refractivity (Wildman–Crippen MR) is 149 cm³/mol. The molecule has 0 aliphatic heterocycles. The SMILES string of the molecule is CN(c1ccc(CC(=O)Cc2ccc(OC(F)(F)F)cc2)cc1)c1ccnc(Nc2cccc(CS(N)(=O)=O)c2)n1. The first kappa shape index (κ1) is 29.5. The molecule has 0 amide bonds. The molecule has 41 heavy (non-hydrogen) atoms. The molecule has 1 heterocycles. The van der Waals surface area contributed by atoms with Crippen molar-refractivity contribution in [2.75, 3.05) is 17.3 Å². The summed E-state index contributed by atoms with van der Waals surface area (Å²) in [6, 6.07) is 21.1. The lowest BCUT2D eigenvalue weighted by Gasteiger charge is -2.19. The minimum absolute atomic E-state index is 0.0790. The number of hydrogen-bond acceptors (Lipinski definition) is 8. The van der Waals surface area contributed by atoms with Crippen molar-refractivity contribution in [1.29, 1.82) is 0 Å². The zero-order valence-electron chi connectivity index (χ0n) is 21.8. The Morgan fingerprint density at radius 3 is 2.20 bits per heavy atom. The number of halogens is 3. The van der Waals surface area contributed by atoms with Gasteiger partial charge in [0.1, 0.15) is 17.4 Å². The van der Waals surface area contributed by atoms with Crippen LogP contribution in [0, 0.1) is 0 Å². The number of rotatable bonds is 11. The highest BCUT2D eigenvalue weighted by Crippen LogP contribution is 2.25. The molecule has 0 saturated heterocycles. The van der Waals surface area contributed by atoms with Crippen molar-refractivity contribution in [2.45, 2.75) is 25.0 Å². The van der Waals surface area contributed by atoms with E-state index in [4.69, 9.17) is 5.14 Å². The van der Waals surface area contributed by atoms with Crippen LogP contribution in [0.3, 0.4) is 0 Å². The Bertz CT molecular complexity index is 1610. The lowest BCUT2D eigenvalue weighted by atomic mass is 10.0. The van der Waals surface area contributed by atoms with Gasteiger partial charge in [0.2, 0.25) is 16.0 Å². The van der Waals surface area contributed by atoms with Crippen LogP contribution in [0.1, 0.15) is 16.7 Å². The van der Waals surface area contributed by atoms with Crippen LogP contribution in [0.5, 0.6) is 5.75 Å². The van der Waals surface area contributed by atoms with Crippen molar-refractivity contribution < 1.29 is 31.1 Å². The fourth-order valence-electron chi connectivity index (χ4n) is 3.99. The maximum atomic E-state index is 12.5. The largest absolute Gasteiger partial charge is 0.573 e. The molecule has 3 aromatic carbocycles. The number of alkyl halides is 3. The van der Waals surface area contributed by atoms with E-state index in [-0.39, 0.29) is 30.1 Å². The summed E-state index contributed by atoms with van der Waals surface area (Å²) in [5, 5.41) is 8.20. The van der Waals surface area contributed by atoms with E-state index in [1.165, 1.54) is 24.3 Å². The summed E-state index contributed by atoms with van der Waals surface area (Å²) >= 11 is 0. The third-order valence-electron chi connectivity index (χ3n) is 5.82. The fourth-order valence-corrected chi connectivity index (χ4v) is 4.64. The van der Waals surface area contributed by atoms with Gasteiger partial charge >= 0.3 is 6.36 Å². The molecule has 13 heteroatoms. The summed E-state index contributed by atoms with van der Waals surface area (Å²) in [5.41, 5.74) is 3.31. The van der Waals surface area contributed by atoms with Crippen LogP contribution in [0.2, 0.25) is 0 Å². The van der Waals surface area contributed by atoms with Gasteiger partial charge in [-0.05, 0) is 59.2 Å². The number of carbonyl (C=O) groups excluding carboxylic acids is 1. The summed E-state index contributed by atoms with van der Waals surface area (Å²) in [4.78, 5) is 23.1. The highest BCUT2D eigenvalue weighted by molar-refractivity contribution is 7.88. The zero-order valence-corrected chi connectivity index (χ0v) is 22.6. The van der Waals surface area contributed by atoms with Gasteiger partial charge in [0.05, 0.1) is 5.75 Å². The topological polar surface area (TPSA) is 128 Å². The first-order chi connectivity index (χ1) is 19.3. The van der Waals surface area contributed by atoms with Crippen LogP contribution in [-0.4, -0.2) is 37.6 Å². The van der Waals surface area contributed by atoms with E-state index >= 15 is 0 Å². The molecule has 0 bridgehead atoms. The number of Topliss-reactive ketones (excluding diaryl/α,β-unsaturated/α-hetero) is 1. The van der Waals surface area contributed by atoms with Crippen LogP contribution in [-0.2, 0) is 33.4 Å². The van der Waals surface area contributed by atoms with E-state index in [0.29, 0.717) is 28.6 Å². The van der Waals surface area contributed by atoms with E-state index in [1.54, 1.807) is 36.5 Å². The molecule has 0 spiro atoms. The van der Waals surface area contributed by atoms with Crippen LogP contribution in [0.15, 0.2) is 85.1 Å². The average Bonchev–Trinajstić information content (AvgIpc) is 2.88. The molecule has 0 unspecified atom stereocenters. The van der Waals surface area contributed by atoms with Gasteiger partial charge in [-0.2, -0.15) is 4.98 Å². The van der Waals surface area contributed by atoms with Crippen LogP contribution >= 0.6 is 0 Å². The third-order valence-corrected chi connectivity index (χ3v) is 6.55. The minimum atomic E-state index is -4.77. The number of sulfonamides is 1. The van der Waals surface area contributed by atoms with Crippen molar-refractivity contribution in [3.8, 4) is 5.75 Å². The molecular formula is C28H26F3N5O4S. The number of anilines is 4.